The Morgan fingerprint density at radius 1 is 1.20 bits per heavy atom. The minimum Gasteiger partial charge on any atom is -0.360 e. The van der Waals surface area contributed by atoms with Crippen molar-refractivity contribution in [1.29, 1.82) is 0 Å². The summed E-state index contributed by atoms with van der Waals surface area (Å²) in [5, 5.41) is 6.52. The number of aromatic nitrogens is 1. The zero-order valence-corrected chi connectivity index (χ0v) is 16.0. The van der Waals surface area contributed by atoms with Gasteiger partial charge in [-0.25, -0.2) is 8.42 Å². The molecular formula is C15H17Cl2N3O4S. The molecular weight excluding hydrogens is 389 g/mol. The Bertz CT molecular complexity index is 881. The van der Waals surface area contributed by atoms with Crippen molar-refractivity contribution in [1.82, 2.24) is 9.88 Å². The van der Waals surface area contributed by atoms with Gasteiger partial charge in [-0.15, -0.1) is 0 Å². The van der Waals surface area contributed by atoms with Crippen molar-refractivity contribution in [3.05, 3.63) is 40.1 Å². The number of nitrogens with zero attached hydrogens (tertiary/aromatic N) is 1. The Morgan fingerprint density at radius 3 is 2.40 bits per heavy atom. The van der Waals surface area contributed by atoms with Crippen LogP contribution in [0.3, 0.4) is 0 Å². The van der Waals surface area contributed by atoms with E-state index in [0.29, 0.717) is 5.76 Å². The van der Waals surface area contributed by atoms with Crippen LogP contribution in [-0.4, -0.2) is 25.5 Å². The summed E-state index contributed by atoms with van der Waals surface area (Å²) in [4.78, 5) is 12.3. The van der Waals surface area contributed by atoms with E-state index in [-0.39, 0.29) is 26.7 Å². The van der Waals surface area contributed by atoms with Gasteiger partial charge in [0.05, 0.1) is 14.9 Å². The number of halogens is 2. The first-order valence-corrected chi connectivity index (χ1v) is 9.55. The fourth-order valence-electron chi connectivity index (χ4n) is 2.00. The van der Waals surface area contributed by atoms with Crippen molar-refractivity contribution >= 4 is 45.0 Å². The summed E-state index contributed by atoms with van der Waals surface area (Å²) in [5.74, 6) is -0.132. The van der Waals surface area contributed by atoms with Gasteiger partial charge in [0.15, 0.2) is 5.82 Å². The first-order chi connectivity index (χ1) is 11.6. The maximum atomic E-state index is 12.5. The second-order valence-electron chi connectivity index (χ2n) is 5.73. The Balaban J connectivity index is 2.22. The molecule has 2 N–H and O–H groups in total. The number of hydrogen-bond donors (Lipinski definition) is 2. The Morgan fingerprint density at radius 2 is 1.88 bits per heavy atom. The minimum atomic E-state index is -3.97. The van der Waals surface area contributed by atoms with Crippen molar-refractivity contribution < 1.29 is 17.7 Å². The molecule has 0 spiro atoms. The van der Waals surface area contributed by atoms with Gasteiger partial charge in [0.1, 0.15) is 11.8 Å². The SMILES string of the molecule is Cc1cc(NC(=O)[C@@H](NS(=O)(=O)c2ccc(Cl)c(Cl)c2)C(C)C)no1. The van der Waals surface area contributed by atoms with E-state index >= 15 is 0 Å². The standard InChI is InChI=1S/C15H17Cl2N3O4S/c1-8(2)14(15(21)18-13-6-9(3)24-19-13)20-25(22,23)10-4-5-11(16)12(17)7-10/h4-8,14,20H,1-3H3,(H,18,19,21)/t14-/m0/s1. The van der Waals surface area contributed by atoms with Crippen molar-refractivity contribution in [3.63, 3.8) is 0 Å². The zero-order chi connectivity index (χ0) is 18.8. The Kier molecular flexibility index (Phi) is 6.10. The van der Waals surface area contributed by atoms with E-state index in [4.69, 9.17) is 27.7 Å². The smallest absolute Gasteiger partial charge is 0.244 e. The molecule has 1 aromatic carbocycles. The molecule has 0 saturated heterocycles. The highest BCUT2D eigenvalue weighted by molar-refractivity contribution is 7.89. The lowest BCUT2D eigenvalue weighted by molar-refractivity contribution is -0.118. The van der Waals surface area contributed by atoms with Gasteiger partial charge in [-0.1, -0.05) is 42.2 Å². The molecule has 0 fully saturated rings. The van der Waals surface area contributed by atoms with Crippen LogP contribution in [0.15, 0.2) is 33.7 Å². The van der Waals surface area contributed by atoms with E-state index in [1.54, 1.807) is 20.8 Å². The topological polar surface area (TPSA) is 101 Å². The van der Waals surface area contributed by atoms with Crippen LogP contribution in [0.25, 0.3) is 0 Å². The highest BCUT2D eigenvalue weighted by Gasteiger charge is 2.29. The number of nitrogens with one attached hydrogen (secondary N) is 2. The third-order valence-corrected chi connectivity index (χ3v) is 5.49. The third kappa shape index (κ3) is 4.94. The first kappa shape index (κ1) is 19.7. The summed E-state index contributed by atoms with van der Waals surface area (Å²) in [6, 6.07) is 4.43. The summed E-state index contributed by atoms with van der Waals surface area (Å²) in [6.07, 6.45) is 0. The van der Waals surface area contributed by atoms with Crippen LogP contribution in [0, 0.1) is 12.8 Å². The molecule has 25 heavy (non-hydrogen) atoms. The molecule has 0 aliphatic heterocycles. The predicted octanol–water partition coefficient (Wildman–Crippen LogP) is 3.23. The van der Waals surface area contributed by atoms with E-state index in [1.165, 1.54) is 24.3 Å². The second-order valence-corrected chi connectivity index (χ2v) is 8.26. The van der Waals surface area contributed by atoms with Crippen LogP contribution < -0.4 is 10.0 Å². The van der Waals surface area contributed by atoms with Crippen LogP contribution in [0.4, 0.5) is 5.82 Å². The second kappa shape index (κ2) is 7.74. The van der Waals surface area contributed by atoms with Crippen molar-refractivity contribution in [2.24, 2.45) is 5.92 Å². The van der Waals surface area contributed by atoms with Gasteiger partial charge >= 0.3 is 0 Å². The minimum absolute atomic E-state index is 0.0855. The van der Waals surface area contributed by atoms with Gasteiger partial charge in [-0.2, -0.15) is 4.72 Å². The molecule has 7 nitrogen and oxygen atoms in total. The maximum absolute atomic E-state index is 12.5. The number of anilines is 1. The third-order valence-electron chi connectivity index (χ3n) is 3.31. The molecule has 1 aromatic heterocycles. The van der Waals surface area contributed by atoms with E-state index in [2.05, 4.69) is 15.2 Å². The number of aryl methyl sites for hydroxylation is 1. The average molecular weight is 406 g/mol. The normalized spacial score (nSPS) is 13.0. The fourth-order valence-corrected chi connectivity index (χ4v) is 3.73. The average Bonchev–Trinajstić information content (AvgIpc) is 2.92. The Hall–Kier alpha value is -1.61. The molecule has 0 bridgehead atoms. The molecule has 0 saturated carbocycles. The number of amides is 1. The zero-order valence-electron chi connectivity index (χ0n) is 13.7. The molecule has 10 heteroatoms. The van der Waals surface area contributed by atoms with Crippen LogP contribution in [0.5, 0.6) is 0 Å². The van der Waals surface area contributed by atoms with Crippen molar-refractivity contribution in [2.75, 3.05) is 5.32 Å². The fraction of sp³-hybridized carbons (Fsp3) is 0.333. The van der Waals surface area contributed by atoms with Crippen LogP contribution in [0.1, 0.15) is 19.6 Å². The molecule has 1 heterocycles. The Labute approximate surface area is 155 Å². The summed E-state index contributed by atoms with van der Waals surface area (Å²) < 4.78 is 32.3. The first-order valence-electron chi connectivity index (χ1n) is 7.31. The summed E-state index contributed by atoms with van der Waals surface area (Å²) in [7, 11) is -3.97. The summed E-state index contributed by atoms with van der Waals surface area (Å²) in [6.45, 7) is 5.11. The van der Waals surface area contributed by atoms with Crippen LogP contribution in [-0.2, 0) is 14.8 Å². The van der Waals surface area contributed by atoms with Crippen molar-refractivity contribution in [3.8, 4) is 0 Å². The quantitative estimate of drug-likeness (QED) is 0.767. The maximum Gasteiger partial charge on any atom is 0.244 e. The predicted molar refractivity (Wildman–Crippen MR) is 95.3 cm³/mol. The molecule has 0 unspecified atom stereocenters. The molecule has 1 atom stereocenters. The van der Waals surface area contributed by atoms with Crippen LogP contribution >= 0.6 is 23.2 Å². The molecule has 0 aliphatic carbocycles. The molecule has 136 valence electrons. The number of rotatable bonds is 6. The van der Waals surface area contributed by atoms with E-state index in [1.807, 2.05) is 0 Å². The highest BCUT2D eigenvalue weighted by Crippen LogP contribution is 2.25. The van der Waals surface area contributed by atoms with Crippen LogP contribution in [0.2, 0.25) is 10.0 Å². The van der Waals surface area contributed by atoms with Gasteiger partial charge < -0.3 is 9.84 Å². The largest absolute Gasteiger partial charge is 0.360 e. The van der Waals surface area contributed by atoms with Gasteiger partial charge in [0, 0.05) is 6.07 Å². The number of benzene rings is 1. The van der Waals surface area contributed by atoms with Gasteiger partial charge in [-0.3, -0.25) is 4.79 Å². The van der Waals surface area contributed by atoms with E-state index < -0.39 is 22.0 Å². The summed E-state index contributed by atoms with van der Waals surface area (Å²) in [5.41, 5.74) is 0. The van der Waals surface area contributed by atoms with Gasteiger partial charge in [0.25, 0.3) is 0 Å². The van der Waals surface area contributed by atoms with Gasteiger partial charge in [0.2, 0.25) is 15.9 Å². The van der Waals surface area contributed by atoms with E-state index in [9.17, 15) is 13.2 Å². The van der Waals surface area contributed by atoms with Gasteiger partial charge in [-0.05, 0) is 31.0 Å². The number of sulfonamides is 1. The number of carbonyl (C=O) groups excluding carboxylic acids is 1. The number of hydrogen-bond acceptors (Lipinski definition) is 5. The lowest BCUT2D eigenvalue weighted by Gasteiger charge is -2.21. The highest BCUT2D eigenvalue weighted by atomic mass is 35.5. The number of carbonyl (C=O) groups is 1. The molecule has 1 amide bonds. The monoisotopic (exact) mass is 405 g/mol. The molecule has 0 aliphatic rings. The molecule has 2 rings (SSSR count). The van der Waals surface area contributed by atoms with E-state index in [0.717, 1.165) is 0 Å². The lowest BCUT2D eigenvalue weighted by Crippen LogP contribution is -2.47. The molecule has 2 aromatic rings. The summed E-state index contributed by atoms with van der Waals surface area (Å²) >= 11 is 11.7. The lowest BCUT2D eigenvalue weighted by atomic mass is 10.1. The van der Waals surface area contributed by atoms with Crippen molar-refractivity contribution in [2.45, 2.75) is 31.7 Å². The molecule has 0 radical (unpaired) electrons.